The van der Waals surface area contributed by atoms with Crippen molar-refractivity contribution in [2.24, 2.45) is 5.84 Å². The number of methoxy groups -OCH3 is 1. The largest absolute Gasteiger partial charge is 0.494 e. The van der Waals surface area contributed by atoms with Crippen molar-refractivity contribution in [3.8, 4) is 5.75 Å². The Labute approximate surface area is 105 Å². The number of rotatable bonds is 4. The second kappa shape index (κ2) is 5.71. The number of ether oxygens (including phenoxy) is 1. The minimum Gasteiger partial charge on any atom is -0.494 e. The van der Waals surface area contributed by atoms with E-state index < -0.39 is 0 Å². The number of benzene rings is 1. The quantitative estimate of drug-likeness (QED) is 0.640. The minimum atomic E-state index is -0.314. The lowest BCUT2D eigenvalue weighted by Gasteiger charge is -2.23. The Morgan fingerprint density at radius 2 is 2.41 bits per heavy atom. The average molecular weight is 256 g/mol. The van der Waals surface area contributed by atoms with Gasteiger partial charge in [-0.3, -0.25) is 11.3 Å². The van der Waals surface area contributed by atoms with Gasteiger partial charge in [0.1, 0.15) is 0 Å². The van der Waals surface area contributed by atoms with Crippen molar-refractivity contribution in [1.82, 2.24) is 5.43 Å². The van der Waals surface area contributed by atoms with Gasteiger partial charge in [0, 0.05) is 10.8 Å². The predicted octanol–water partition coefficient (Wildman–Crippen LogP) is 2.23. The maximum absolute atomic E-state index is 14.1. The van der Waals surface area contributed by atoms with E-state index in [1.807, 2.05) is 11.8 Å². The Kier molecular flexibility index (Phi) is 4.25. The summed E-state index contributed by atoms with van der Waals surface area (Å²) in [6.45, 7) is 0. The first-order chi connectivity index (χ1) is 8.27. The lowest BCUT2D eigenvalue weighted by atomic mass is 10.0. The van der Waals surface area contributed by atoms with Crippen LogP contribution in [0.25, 0.3) is 0 Å². The van der Waals surface area contributed by atoms with E-state index >= 15 is 0 Å². The molecule has 1 fully saturated rings. The van der Waals surface area contributed by atoms with Gasteiger partial charge in [-0.15, -0.1) is 0 Å². The van der Waals surface area contributed by atoms with Gasteiger partial charge in [-0.1, -0.05) is 12.1 Å². The Morgan fingerprint density at radius 1 is 1.59 bits per heavy atom. The fourth-order valence-electron chi connectivity index (χ4n) is 2.19. The first kappa shape index (κ1) is 12.7. The molecule has 0 saturated carbocycles. The molecule has 1 heterocycles. The molecule has 0 aromatic heterocycles. The van der Waals surface area contributed by atoms with E-state index in [0.29, 0.717) is 10.8 Å². The maximum Gasteiger partial charge on any atom is 0.169 e. The second-order valence-electron chi connectivity index (χ2n) is 4.06. The van der Waals surface area contributed by atoms with Crippen LogP contribution in [-0.4, -0.2) is 18.1 Å². The summed E-state index contributed by atoms with van der Waals surface area (Å²) in [7, 11) is 1.47. The zero-order chi connectivity index (χ0) is 12.3. The SMILES string of the molecule is COc1cccc(C(NN)C2CCCS2)c1F. The van der Waals surface area contributed by atoms with Crippen LogP contribution in [0, 0.1) is 5.82 Å². The molecule has 1 aromatic rings. The van der Waals surface area contributed by atoms with Crippen molar-refractivity contribution in [2.45, 2.75) is 24.1 Å². The third-order valence-corrected chi connectivity index (χ3v) is 4.52. The third kappa shape index (κ3) is 2.56. The van der Waals surface area contributed by atoms with E-state index in [9.17, 15) is 4.39 Å². The fraction of sp³-hybridized carbons (Fsp3) is 0.500. The van der Waals surface area contributed by atoms with Gasteiger partial charge >= 0.3 is 0 Å². The summed E-state index contributed by atoms with van der Waals surface area (Å²) in [4.78, 5) is 0. The zero-order valence-corrected chi connectivity index (χ0v) is 10.6. The van der Waals surface area contributed by atoms with Gasteiger partial charge in [0.05, 0.1) is 13.2 Å². The monoisotopic (exact) mass is 256 g/mol. The van der Waals surface area contributed by atoms with Crippen LogP contribution in [0.3, 0.4) is 0 Å². The van der Waals surface area contributed by atoms with E-state index in [4.69, 9.17) is 10.6 Å². The molecule has 2 unspecified atom stereocenters. The highest BCUT2D eigenvalue weighted by atomic mass is 32.2. The standard InChI is InChI=1S/C12H17FN2OS/c1-16-9-5-2-4-8(11(9)13)12(15-14)10-6-3-7-17-10/h2,4-5,10,12,15H,3,6-7,14H2,1H3. The number of hydrazine groups is 1. The second-order valence-corrected chi connectivity index (χ2v) is 5.41. The number of hydrogen-bond acceptors (Lipinski definition) is 4. The van der Waals surface area contributed by atoms with Crippen LogP contribution in [0.5, 0.6) is 5.75 Å². The summed E-state index contributed by atoms with van der Waals surface area (Å²) in [5.74, 6) is 6.65. The molecule has 5 heteroatoms. The Hall–Kier alpha value is -0.780. The molecule has 0 amide bonds. The summed E-state index contributed by atoms with van der Waals surface area (Å²) in [6.07, 6.45) is 2.23. The number of nitrogens with two attached hydrogens (primary N) is 1. The smallest absolute Gasteiger partial charge is 0.169 e. The van der Waals surface area contributed by atoms with Gasteiger partial charge in [-0.25, -0.2) is 4.39 Å². The van der Waals surface area contributed by atoms with Gasteiger partial charge < -0.3 is 4.74 Å². The van der Waals surface area contributed by atoms with E-state index in [2.05, 4.69) is 5.43 Å². The Bertz CT molecular complexity index is 383. The molecule has 2 atom stereocenters. The molecular weight excluding hydrogens is 239 g/mol. The van der Waals surface area contributed by atoms with E-state index in [1.54, 1.807) is 18.2 Å². The third-order valence-electron chi connectivity index (χ3n) is 3.06. The predicted molar refractivity (Wildman–Crippen MR) is 68.5 cm³/mol. The summed E-state index contributed by atoms with van der Waals surface area (Å²) in [6, 6.07) is 5.02. The van der Waals surface area contributed by atoms with Gasteiger partial charge in [0.2, 0.25) is 0 Å². The van der Waals surface area contributed by atoms with Crippen LogP contribution >= 0.6 is 11.8 Å². The van der Waals surface area contributed by atoms with Gasteiger partial charge in [0.15, 0.2) is 11.6 Å². The van der Waals surface area contributed by atoms with Crippen LogP contribution < -0.4 is 16.0 Å². The molecule has 1 aromatic carbocycles. The first-order valence-electron chi connectivity index (χ1n) is 5.68. The molecule has 1 aliphatic heterocycles. The number of thioether (sulfide) groups is 1. The van der Waals surface area contributed by atoms with Crippen molar-refractivity contribution in [3.63, 3.8) is 0 Å². The fourth-order valence-corrected chi connectivity index (χ4v) is 3.58. The van der Waals surface area contributed by atoms with Crippen molar-refractivity contribution in [2.75, 3.05) is 12.9 Å². The van der Waals surface area contributed by atoms with Crippen molar-refractivity contribution >= 4 is 11.8 Å². The normalized spacial score (nSPS) is 21.5. The summed E-state index contributed by atoms with van der Waals surface area (Å²) >= 11 is 1.84. The molecule has 0 radical (unpaired) electrons. The van der Waals surface area contributed by atoms with Crippen molar-refractivity contribution < 1.29 is 9.13 Å². The van der Waals surface area contributed by atoms with Crippen molar-refractivity contribution in [3.05, 3.63) is 29.6 Å². The van der Waals surface area contributed by atoms with Gasteiger partial charge in [0.25, 0.3) is 0 Å². The molecule has 1 aliphatic rings. The van der Waals surface area contributed by atoms with E-state index in [1.165, 1.54) is 13.5 Å². The zero-order valence-electron chi connectivity index (χ0n) is 9.78. The topological polar surface area (TPSA) is 47.3 Å². The lowest BCUT2D eigenvalue weighted by Crippen LogP contribution is -2.34. The number of nitrogens with one attached hydrogen (secondary N) is 1. The van der Waals surface area contributed by atoms with E-state index in [-0.39, 0.29) is 17.6 Å². The van der Waals surface area contributed by atoms with Crippen LogP contribution in [0.15, 0.2) is 18.2 Å². The highest BCUT2D eigenvalue weighted by Gasteiger charge is 2.28. The molecule has 0 aliphatic carbocycles. The van der Waals surface area contributed by atoms with Gasteiger partial charge in [-0.05, 0) is 24.7 Å². The maximum atomic E-state index is 14.1. The molecule has 1 saturated heterocycles. The Morgan fingerprint density at radius 3 is 3.00 bits per heavy atom. The van der Waals surface area contributed by atoms with Gasteiger partial charge in [-0.2, -0.15) is 11.8 Å². The number of halogens is 1. The summed E-state index contributed by atoms with van der Waals surface area (Å²) in [5.41, 5.74) is 3.33. The highest BCUT2D eigenvalue weighted by Crippen LogP contribution is 2.37. The molecule has 0 bridgehead atoms. The average Bonchev–Trinajstić information content (AvgIpc) is 2.86. The lowest BCUT2D eigenvalue weighted by molar-refractivity contribution is 0.378. The molecule has 17 heavy (non-hydrogen) atoms. The van der Waals surface area contributed by atoms with Crippen LogP contribution in [-0.2, 0) is 0 Å². The molecule has 3 nitrogen and oxygen atoms in total. The summed E-state index contributed by atoms with van der Waals surface area (Å²) < 4.78 is 19.1. The molecule has 0 spiro atoms. The molecular formula is C12H17FN2OS. The molecule has 3 N–H and O–H groups in total. The van der Waals surface area contributed by atoms with Crippen LogP contribution in [0.1, 0.15) is 24.4 Å². The molecule has 2 rings (SSSR count). The summed E-state index contributed by atoms with van der Waals surface area (Å²) in [5, 5.41) is 0.335. The first-order valence-corrected chi connectivity index (χ1v) is 6.73. The van der Waals surface area contributed by atoms with Crippen LogP contribution in [0.2, 0.25) is 0 Å². The Balaban J connectivity index is 2.29. The van der Waals surface area contributed by atoms with Crippen LogP contribution in [0.4, 0.5) is 4.39 Å². The molecule has 94 valence electrons. The number of hydrogen-bond donors (Lipinski definition) is 2. The van der Waals surface area contributed by atoms with Crippen molar-refractivity contribution in [1.29, 1.82) is 0 Å². The minimum absolute atomic E-state index is 0.155. The van der Waals surface area contributed by atoms with E-state index in [0.717, 1.165) is 12.2 Å². The highest BCUT2D eigenvalue weighted by molar-refractivity contribution is 8.00.